The monoisotopic (exact) mass is 348 g/mol. The van der Waals surface area contributed by atoms with E-state index in [9.17, 15) is 19.5 Å². The Labute approximate surface area is 146 Å². The van der Waals surface area contributed by atoms with E-state index in [1.54, 1.807) is 0 Å². The zero-order valence-electron chi connectivity index (χ0n) is 14.2. The Balaban J connectivity index is 1.53. The van der Waals surface area contributed by atoms with Crippen molar-refractivity contribution in [2.45, 2.75) is 69.5 Å². The lowest BCUT2D eigenvalue weighted by molar-refractivity contribution is -0.148. The van der Waals surface area contributed by atoms with Gasteiger partial charge in [0.05, 0.1) is 11.8 Å². The number of amides is 2. The molecule has 0 atom stereocenters. The van der Waals surface area contributed by atoms with Crippen LogP contribution in [0.4, 0.5) is 0 Å². The molecule has 3 rings (SSSR count). The number of nitrogens with zero attached hydrogens (tertiary/aromatic N) is 2. The van der Waals surface area contributed by atoms with E-state index >= 15 is 0 Å². The predicted molar refractivity (Wildman–Crippen MR) is 88.9 cm³/mol. The number of carboxylic acid groups (broad SMARTS) is 1. The van der Waals surface area contributed by atoms with Gasteiger partial charge in [-0.3, -0.25) is 14.3 Å². The van der Waals surface area contributed by atoms with Crippen molar-refractivity contribution in [2.24, 2.45) is 0 Å². The molecule has 0 unspecified atom stereocenters. The van der Waals surface area contributed by atoms with Crippen molar-refractivity contribution in [1.82, 2.24) is 20.4 Å². The minimum atomic E-state index is -1.16. The summed E-state index contributed by atoms with van der Waals surface area (Å²) in [4.78, 5) is 35.7. The highest BCUT2D eigenvalue weighted by Crippen LogP contribution is 2.32. The largest absolute Gasteiger partial charge is 0.480 e. The molecule has 0 aromatic carbocycles. The van der Waals surface area contributed by atoms with Crippen molar-refractivity contribution >= 4 is 17.8 Å². The molecular weight excluding hydrogens is 324 g/mol. The third-order valence-corrected chi connectivity index (χ3v) is 5.14. The Hall–Kier alpha value is -2.38. The molecule has 25 heavy (non-hydrogen) atoms. The van der Waals surface area contributed by atoms with Crippen LogP contribution in [0.25, 0.3) is 0 Å². The highest BCUT2D eigenvalue weighted by molar-refractivity contribution is 5.97. The Morgan fingerprint density at radius 2 is 1.92 bits per heavy atom. The molecule has 2 amide bonds. The van der Waals surface area contributed by atoms with Gasteiger partial charge in [0.25, 0.3) is 5.91 Å². The van der Waals surface area contributed by atoms with Crippen LogP contribution in [0.1, 0.15) is 61.7 Å². The van der Waals surface area contributed by atoms with Crippen LogP contribution >= 0.6 is 0 Å². The minimum absolute atomic E-state index is 0.0495. The molecule has 0 spiro atoms. The number of carbonyl (C=O) groups excluding carboxylic acids is 2. The molecule has 2 aliphatic carbocycles. The average molecular weight is 348 g/mol. The molecule has 0 radical (unpaired) electrons. The Morgan fingerprint density at radius 1 is 1.20 bits per heavy atom. The van der Waals surface area contributed by atoms with Gasteiger partial charge in [0.1, 0.15) is 12.1 Å². The molecule has 8 nitrogen and oxygen atoms in total. The molecule has 8 heteroatoms. The first-order chi connectivity index (χ1) is 12.0. The standard InChI is InChI=1S/C17H24N4O4/c22-14(19-13-5-2-1-3-6-13)11-21-10-12(9-18-21)15(23)20-17(16(24)25)7-4-8-17/h9-10,13H,1-8,11H2,(H,19,22)(H,20,23)(H,24,25). The first-order valence-electron chi connectivity index (χ1n) is 8.86. The van der Waals surface area contributed by atoms with E-state index in [4.69, 9.17) is 0 Å². The molecule has 136 valence electrons. The number of hydrogen-bond acceptors (Lipinski definition) is 4. The van der Waals surface area contributed by atoms with Gasteiger partial charge in [0, 0.05) is 12.2 Å². The van der Waals surface area contributed by atoms with Gasteiger partial charge in [-0.05, 0) is 32.1 Å². The minimum Gasteiger partial charge on any atom is -0.480 e. The number of carboxylic acids is 1. The second kappa shape index (κ2) is 7.25. The number of aliphatic carboxylic acids is 1. The molecule has 1 aromatic rings. The number of carbonyl (C=O) groups is 3. The summed E-state index contributed by atoms with van der Waals surface area (Å²) in [7, 11) is 0. The lowest BCUT2D eigenvalue weighted by Crippen LogP contribution is -2.59. The smallest absolute Gasteiger partial charge is 0.329 e. The maximum absolute atomic E-state index is 12.2. The summed E-state index contributed by atoms with van der Waals surface area (Å²) in [6.07, 6.45) is 10.0. The van der Waals surface area contributed by atoms with Crippen LogP contribution in [0.2, 0.25) is 0 Å². The normalized spacial score (nSPS) is 19.7. The fraction of sp³-hybridized carbons (Fsp3) is 0.647. The second-order valence-corrected chi connectivity index (χ2v) is 7.02. The molecule has 1 heterocycles. The molecule has 0 saturated heterocycles. The summed E-state index contributed by atoms with van der Waals surface area (Å²) in [6.45, 7) is 0.0495. The number of rotatable bonds is 6. The van der Waals surface area contributed by atoms with Gasteiger partial charge < -0.3 is 15.7 Å². The SMILES string of the molecule is O=C(Cn1cc(C(=O)NC2(C(=O)O)CCC2)cn1)NC1CCCCC1. The summed E-state index contributed by atoms with van der Waals surface area (Å²) in [5.74, 6) is -1.60. The third-order valence-electron chi connectivity index (χ3n) is 5.14. The van der Waals surface area contributed by atoms with Gasteiger partial charge in [-0.25, -0.2) is 4.79 Å². The Kier molecular flexibility index (Phi) is 5.06. The van der Waals surface area contributed by atoms with Gasteiger partial charge in [-0.2, -0.15) is 5.10 Å². The summed E-state index contributed by atoms with van der Waals surface area (Å²) in [6, 6.07) is 0.230. The summed E-state index contributed by atoms with van der Waals surface area (Å²) >= 11 is 0. The maximum Gasteiger partial charge on any atom is 0.329 e. The van der Waals surface area contributed by atoms with E-state index in [1.165, 1.54) is 23.5 Å². The predicted octanol–water partition coefficient (Wildman–Crippen LogP) is 1.07. The fourth-order valence-electron chi connectivity index (χ4n) is 3.45. The van der Waals surface area contributed by atoms with Crippen molar-refractivity contribution in [3.63, 3.8) is 0 Å². The topological polar surface area (TPSA) is 113 Å². The Bertz CT molecular complexity index is 659. The highest BCUT2D eigenvalue weighted by atomic mass is 16.4. The first-order valence-corrected chi connectivity index (χ1v) is 8.86. The molecule has 1 aromatic heterocycles. The number of hydrogen-bond donors (Lipinski definition) is 3. The zero-order chi connectivity index (χ0) is 17.9. The second-order valence-electron chi connectivity index (χ2n) is 7.02. The van der Waals surface area contributed by atoms with Crippen molar-refractivity contribution in [2.75, 3.05) is 0 Å². The average Bonchev–Trinajstić information content (AvgIpc) is 2.99. The van der Waals surface area contributed by atoms with E-state index < -0.39 is 17.4 Å². The van der Waals surface area contributed by atoms with Gasteiger partial charge in [-0.15, -0.1) is 0 Å². The molecule has 0 aliphatic heterocycles. The maximum atomic E-state index is 12.2. The van der Waals surface area contributed by atoms with Gasteiger partial charge >= 0.3 is 5.97 Å². The zero-order valence-corrected chi connectivity index (χ0v) is 14.2. The highest BCUT2D eigenvalue weighted by Gasteiger charge is 2.45. The Morgan fingerprint density at radius 3 is 2.52 bits per heavy atom. The molecule has 0 bridgehead atoms. The van der Waals surface area contributed by atoms with Crippen LogP contribution in [-0.2, 0) is 16.1 Å². The first kappa shape index (κ1) is 17.4. The third kappa shape index (κ3) is 4.00. The molecule has 2 aliphatic rings. The lowest BCUT2D eigenvalue weighted by Gasteiger charge is -2.38. The van der Waals surface area contributed by atoms with Crippen LogP contribution < -0.4 is 10.6 Å². The van der Waals surface area contributed by atoms with Gasteiger partial charge in [0.15, 0.2) is 0 Å². The van der Waals surface area contributed by atoms with Crippen LogP contribution in [0.5, 0.6) is 0 Å². The molecule has 3 N–H and O–H groups in total. The lowest BCUT2D eigenvalue weighted by atomic mass is 9.76. The van der Waals surface area contributed by atoms with Crippen molar-refractivity contribution < 1.29 is 19.5 Å². The molecular formula is C17H24N4O4. The van der Waals surface area contributed by atoms with E-state index in [-0.39, 0.29) is 24.1 Å². The van der Waals surface area contributed by atoms with Gasteiger partial charge in [-0.1, -0.05) is 19.3 Å². The summed E-state index contributed by atoms with van der Waals surface area (Å²) < 4.78 is 1.40. The van der Waals surface area contributed by atoms with E-state index in [2.05, 4.69) is 15.7 Å². The van der Waals surface area contributed by atoms with E-state index in [0.29, 0.717) is 12.8 Å². The van der Waals surface area contributed by atoms with Crippen molar-refractivity contribution in [3.8, 4) is 0 Å². The quantitative estimate of drug-likeness (QED) is 0.712. The molecule has 2 saturated carbocycles. The number of nitrogens with one attached hydrogen (secondary N) is 2. The summed E-state index contributed by atoms with van der Waals surface area (Å²) in [5.41, 5.74) is -0.893. The fourth-order valence-corrected chi connectivity index (χ4v) is 3.45. The van der Waals surface area contributed by atoms with Crippen LogP contribution in [0.15, 0.2) is 12.4 Å². The number of aromatic nitrogens is 2. The van der Waals surface area contributed by atoms with Crippen molar-refractivity contribution in [1.29, 1.82) is 0 Å². The van der Waals surface area contributed by atoms with Crippen LogP contribution in [0, 0.1) is 0 Å². The van der Waals surface area contributed by atoms with Crippen LogP contribution in [-0.4, -0.2) is 44.3 Å². The van der Waals surface area contributed by atoms with Crippen molar-refractivity contribution in [3.05, 3.63) is 18.0 Å². The molecule has 2 fully saturated rings. The summed E-state index contributed by atoms with van der Waals surface area (Å²) in [5, 5.41) is 18.9. The van der Waals surface area contributed by atoms with E-state index in [1.807, 2.05) is 0 Å². The van der Waals surface area contributed by atoms with E-state index in [0.717, 1.165) is 32.1 Å². The van der Waals surface area contributed by atoms with Gasteiger partial charge in [0.2, 0.25) is 5.91 Å². The van der Waals surface area contributed by atoms with Crippen LogP contribution in [0.3, 0.4) is 0 Å².